The van der Waals surface area contributed by atoms with Gasteiger partial charge < -0.3 is 30.3 Å². The second-order valence-electron chi connectivity index (χ2n) is 15.1. The molecule has 2 unspecified atom stereocenters. The number of halogens is 1. The number of carbonyl (C=O) groups is 2. The molecule has 0 bridgehead atoms. The zero-order valence-electron chi connectivity index (χ0n) is 33.4. The predicted octanol–water partition coefficient (Wildman–Crippen LogP) is 6.53. The molecule has 0 radical (unpaired) electrons. The van der Waals surface area contributed by atoms with Gasteiger partial charge >= 0.3 is 0 Å². The molecule has 2 amide bonds. The van der Waals surface area contributed by atoms with Gasteiger partial charge in [-0.3, -0.25) is 19.2 Å². The fourth-order valence-electron chi connectivity index (χ4n) is 8.01. The van der Waals surface area contributed by atoms with Gasteiger partial charge in [-0.1, -0.05) is 82.7 Å². The minimum Gasteiger partial charge on any atom is -0.494 e. The van der Waals surface area contributed by atoms with Gasteiger partial charge in [-0.2, -0.15) is 0 Å². The molecule has 12 nitrogen and oxygen atoms in total. The van der Waals surface area contributed by atoms with Crippen LogP contribution in [-0.4, -0.2) is 74.5 Å². The van der Waals surface area contributed by atoms with E-state index < -0.39 is 23.5 Å². The average Bonchev–Trinajstić information content (AvgIpc) is 3.79. The number of unbranched alkanes of at least 4 members (excludes halogenated alkanes) is 1. The molecule has 0 fully saturated rings. The number of aliphatic hydroxyl groups is 3. The van der Waals surface area contributed by atoms with Crippen LogP contribution in [0.25, 0.3) is 0 Å². The van der Waals surface area contributed by atoms with E-state index in [1.54, 1.807) is 14.5 Å². The number of carbonyl (C=O) groups excluding carboxylic acids is 2. The quantitative estimate of drug-likeness (QED) is 0.0569. The molecule has 5 aromatic rings. The van der Waals surface area contributed by atoms with Gasteiger partial charge in [0.25, 0.3) is 5.91 Å². The molecule has 13 heteroatoms. The lowest BCUT2D eigenvalue weighted by Crippen LogP contribution is -2.49. The highest BCUT2D eigenvalue weighted by Gasteiger charge is 2.52. The first-order chi connectivity index (χ1) is 28.7. The summed E-state index contributed by atoms with van der Waals surface area (Å²) < 4.78 is 8.27. The number of allylic oxidation sites excluding steroid dienone is 1. The lowest BCUT2D eigenvalue weighted by Gasteiger charge is -2.35. The molecule has 4 N–H and O–H groups in total. The summed E-state index contributed by atoms with van der Waals surface area (Å²) in [6, 6.07) is 28.2. The number of amides is 2. The van der Waals surface area contributed by atoms with Gasteiger partial charge in [-0.15, -0.1) is 5.10 Å². The van der Waals surface area contributed by atoms with E-state index in [2.05, 4.69) is 31.6 Å². The fraction of sp³-hybridized carbons (Fsp3) is 0.348. The Hall–Kier alpha value is -5.18. The van der Waals surface area contributed by atoms with Crippen molar-refractivity contribution in [1.82, 2.24) is 20.3 Å². The molecule has 2 aliphatic rings. The molecule has 0 aliphatic carbocycles. The number of ether oxygens (including phenoxy) is 1. The lowest BCUT2D eigenvalue weighted by atomic mass is 9.83. The van der Waals surface area contributed by atoms with Crippen LogP contribution in [0.1, 0.15) is 67.0 Å². The van der Waals surface area contributed by atoms with Crippen molar-refractivity contribution >= 4 is 44.8 Å². The third kappa shape index (κ3) is 8.90. The second-order valence-corrected chi connectivity index (χ2v) is 16.0. The summed E-state index contributed by atoms with van der Waals surface area (Å²) in [5.41, 5.74) is 4.34. The first-order valence-corrected chi connectivity index (χ1v) is 21.0. The standard InChI is InChI=1S/C46H51BrN6O6/c1-3-59-37-19-21-42-34(25-37)26-40(48-22-8-10-24-54)44(56)53(42)36-17-14-32(15-18-36)28-52-43-20-16-35(47)27-39(43)46(58,45(52)57)31(2)11-7-9-23-51-29-41(49-50-51)38(30-55)33-12-5-4-6-13-33/h4-7,11-21,25,27,29,31,38,40,48,54-55,58H,3,8-10,22-24,26,28,30H2,1-2H3/b11-7+/t31-,38?,40?,46+/m0/s1. The van der Waals surface area contributed by atoms with Gasteiger partial charge in [0.1, 0.15) is 5.75 Å². The summed E-state index contributed by atoms with van der Waals surface area (Å²) in [6.07, 6.45) is 8.20. The molecule has 1 aromatic heterocycles. The highest BCUT2D eigenvalue weighted by atomic mass is 79.9. The SMILES string of the molecule is CCOc1ccc2c(c1)CC(NCCCCO)C(=O)N2c1ccc(CN2C(=O)[C@@](O)([C@@H](C)/C=C/CCn3cc(C(CO)c4ccccc4)nn3)c3cc(Br)ccc32)cc1. The Morgan fingerprint density at radius 1 is 1.00 bits per heavy atom. The summed E-state index contributed by atoms with van der Waals surface area (Å²) in [5.74, 6) is -0.552. The van der Waals surface area contributed by atoms with E-state index in [0.717, 1.165) is 39.0 Å². The normalized spacial score (nSPS) is 18.6. The molecule has 4 atom stereocenters. The largest absolute Gasteiger partial charge is 0.494 e. The van der Waals surface area contributed by atoms with Crippen molar-refractivity contribution in [2.24, 2.45) is 5.92 Å². The van der Waals surface area contributed by atoms with E-state index >= 15 is 0 Å². The van der Waals surface area contributed by atoms with Crippen molar-refractivity contribution in [1.29, 1.82) is 0 Å². The van der Waals surface area contributed by atoms with Crippen LogP contribution in [0.5, 0.6) is 5.75 Å². The minimum absolute atomic E-state index is 0.0656. The maximum absolute atomic E-state index is 14.3. The van der Waals surface area contributed by atoms with Crippen LogP contribution < -0.4 is 19.9 Å². The van der Waals surface area contributed by atoms with Crippen molar-refractivity contribution in [2.45, 2.75) is 70.2 Å². The number of fused-ring (bicyclic) bond motifs is 2. The Labute approximate surface area is 353 Å². The maximum atomic E-state index is 14.3. The summed E-state index contributed by atoms with van der Waals surface area (Å²) in [7, 11) is 0. The van der Waals surface area contributed by atoms with E-state index in [-0.39, 0.29) is 31.6 Å². The lowest BCUT2D eigenvalue weighted by molar-refractivity contribution is -0.139. The third-order valence-corrected chi connectivity index (χ3v) is 11.7. The number of benzene rings is 4. The van der Waals surface area contributed by atoms with Gasteiger partial charge in [0.15, 0.2) is 5.60 Å². The van der Waals surface area contributed by atoms with E-state index in [9.17, 15) is 24.9 Å². The average molecular weight is 864 g/mol. The Kier molecular flexibility index (Phi) is 13.4. The molecule has 0 saturated heterocycles. The number of aromatic nitrogens is 3. The second kappa shape index (κ2) is 18.8. The monoisotopic (exact) mass is 862 g/mol. The van der Waals surface area contributed by atoms with Crippen molar-refractivity contribution in [3.8, 4) is 5.75 Å². The van der Waals surface area contributed by atoms with Crippen LogP contribution in [0.3, 0.4) is 0 Å². The first-order valence-electron chi connectivity index (χ1n) is 20.3. The smallest absolute Gasteiger partial charge is 0.264 e. The summed E-state index contributed by atoms with van der Waals surface area (Å²) in [5, 5.41) is 43.5. The molecular weight excluding hydrogens is 812 g/mol. The van der Waals surface area contributed by atoms with Gasteiger partial charge in [-0.25, -0.2) is 0 Å². The van der Waals surface area contributed by atoms with E-state index in [0.29, 0.717) is 61.6 Å². The van der Waals surface area contributed by atoms with E-state index in [1.165, 1.54) is 0 Å². The minimum atomic E-state index is -1.80. The molecule has 3 heterocycles. The van der Waals surface area contributed by atoms with Crippen molar-refractivity contribution in [3.63, 3.8) is 0 Å². The fourth-order valence-corrected chi connectivity index (χ4v) is 8.37. The van der Waals surface area contributed by atoms with Crippen LogP contribution in [0.2, 0.25) is 0 Å². The Morgan fingerprint density at radius 3 is 2.53 bits per heavy atom. The third-order valence-electron chi connectivity index (χ3n) is 11.2. The molecular formula is C46H51BrN6O6. The molecule has 7 rings (SSSR count). The predicted molar refractivity (Wildman–Crippen MR) is 231 cm³/mol. The van der Waals surface area contributed by atoms with Gasteiger partial charge in [0.2, 0.25) is 5.91 Å². The van der Waals surface area contributed by atoms with Crippen LogP contribution >= 0.6 is 15.9 Å². The first kappa shape index (κ1) is 42.0. The highest BCUT2D eigenvalue weighted by Crippen LogP contribution is 2.47. The number of rotatable bonds is 18. The molecule has 2 aliphatic heterocycles. The molecule has 4 aromatic carbocycles. The van der Waals surface area contributed by atoms with Crippen LogP contribution in [0.15, 0.2) is 114 Å². The number of hydrogen-bond donors (Lipinski definition) is 4. The maximum Gasteiger partial charge on any atom is 0.264 e. The van der Waals surface area contributed by atoms with Gasteiger partial charge in [-0.05, 0) is 104 Å². The Morgan fingerprint density at radius 2 is 1.78 bits per heavy atom. The highest BCUT2D eigenvalue weighted by molar-refractivity contribution is 9.10. The number of nitrogens with one attached hydrogen (secondary N) is 1. The molecule has 0 spiro atoms. The molecule has 308 valence electrons. The summed E-state index contributed by atoms with van der Waals surface area (Å²) in [4.78, 5) is 31.7. The summed E-state index contributed by atoms with van der Waals surface area (Å²) in [6.45, 7) is 5.71. The van der Waals surface area contributed by atoms with Gasteiger partial charge in [0, 0.05) is 41.0 Å². The number of aryl methyl sites for hydroxylation is 1. The zero-order chi connectivity index (χ0) is 41.5. The van der Waals surface area contributed by atoms with Crippen molar-refractivity contribution in [2.75, 3.05) is 36.2 Å². The van der Waals surface area contributed by atoms with Crippen molar-refractivity contribution < 1.29 is 29.6 Å². The van der Waals surface area contributed by atoms with Crippen LogP contribution in [0, 0.1) is 5.92 Å². The van der Waals surface area contributed by atoms with Crippen LogP contribution in [-0.2, 0) is 34.7 Å². The Bertz CT molecular complexity index is 2270. The number of aliphatic hydroxyl groups excluding tert-OH is 2. The van der Waals surface area contributed by atoms with Crippen LogP contribution in [0.4, 0.5) is 17.1 Å². The topological polar surface area (TPSA) is 153 Å². The van der Waals surface area contributed by atoms with E-state index in [4.69, 9.17) is 4.74 Å². The molecule has 0 saturated carbocycles. The Balaban J connectivity index is 1.06. The number of hydrogen-bond acceptors (Lipinski definition) is 9. The molecule has 59 heavy (non-hydrogen) atoms. The van der Waals surface area contributed by atoms with Gasteiger partial charge in [0.05, 0.1) is 48.8 Å². The zero-order valence-corrected chi connectivity index (χ0v) is 35.0. The number of anilines is 3. The van der Waals surface area contributed by atoms with E-state index in [1.807, 2.05) is 123 Å². The summed E-state index contributed by atoms with van der Waals surface area (Å²) >= 11 is 3.55. The number of nitrogens with zero attached hydrogens (tertiary/aromatic N) is 5. The van der Waals surface area contributed by atoms with Crippen molar-refractivity contribution in [3.05, 3.63) is 142 Å².